The molecule has 0 saturated heterocycles. The number of rotatable bonds is 5. The summed E-state index contributed by atoms with van der Waals surface area (Å²) in [6.45, 7) is 0.121. The van der Waals surface area contributed by atoms with Crippen molar-refractivity contribution >= 4 is 5.97 Å². The molecule has 1 aromatic carbocycles. The number of carboxylic acids is 1. The van der Waals surface area contributed by atoms with E-state index in [1.807, 2.05) is 12.1 Å². The SMILES string of the molecule is COc1ccccc1OCc1cnn(C)c1C(=O)O. The Labute approximate surface area is 110 Å². The van der Waals surface area contributed by atoms with Gasteiger partial charge < -0.3 is 14.6 Å². The van der Waals surface area contributed by atoms with Gasteiger partial charge in [0, 0.05) is 12.6 Å². The molecule has 0 saturated carbocycles. The van der Waals surface area contributed by atoms with Crippen molar-refractivity contribution in [1.82, 2.24) is 9.78 Å². The van der Waals surface area contributed by atoms with Crippen LogP contribution >= 0.6 is 0 Å². The molecular formula is C13H14N2O4. The van der Waals surface area contributed by atoms with Crippen LogP contribution in [-0.4, -0.2) is 28.0 Å². The van der Waals surface area contributed by atoms with Gasteiger partial charge in [-0.3, -0.25) is 4.68 Å². The van der Waals surface area contributed by atoms with Gasteiger partial charge in [0.2, 0.25) is 0 Å². The first-order valence-electron chi connectivity index (χ1n) is 5.63. The van der Waals surface area contributed by atoms with E-state index in [2.05, 4.69) is 5.10 Å². The second kappa shape index (κ2) is 5.43. The average Bonchev–Trinajstić information content (AvgIpc) is 2.78. The molecule has 0 atom stereocenters. The minimum absolute atomic E-state index is 0.120. The lowest BCUT2D eigenvalue weighted by Gasteiger charge is -2.09. The number of hydrogen-bond acceptors (Lipinski definition) is 4. The van der Waals surface area contributed by atoms with E-state index in [-0.39, 0.29) is 12.3 Å². The topological polar surface area (TPSA) is 73.6 Å². The second-order valence-corrected chi connectivity index (χ2v) is 3.89. The van der Waals surface area contributed by atoms with Crippen LogP contribution in [0.2, 0.25) is 0 Å². The zero-order valence-electron chi connectivity index (χ0n) is 10.7. The molecule has 1 N–H and O–H groups in total. The molecule has 1 heterocycles. The van der Waals surface area contributed by atoms with Gasteiger partial charge in [-0.15, -0.1) is 0 Å². The Hall–Kier alpha value is -2.50. The van der Waals surface area contributed by atoms with Crippen molar-refractivity contribution in [3.05, 3.63) is 41.7 Å². The van der Waals surface area contributed by atoms with E-state index in [0.29, 0.717) is 17.1 Å². The molecule has 0 spiro atoms. The third-order valence-corrected chi connectivity index (χ3v) is 2.67. The molecule has 6 heteroatoms. The van der Waals surface area contributed by atoms with E-state index in [4.69, 9.17) is 14.6 Å². The van der Waals surface area contributed by atoms with Gasteiger partial charge in [0.25, 0.3) is 0 Å². The summed E-state index contributed by atoms with van der Waals surface area (Å²) in [6, 6.07) is 7.18. The lowest BCUT2D eigenvalue weighted by atomic mass is 10.2. The third-order valence-electron chi connectivity index (χ3n) is 2.67. The maximum atomic E-state index is 11.1. The summed E-state index contributed by atoms with van der Waals surface area (Å²) < 4.78 is 12.0. The van der Waals surface area contributed by atoms with Crippen molar-refractivity contribution in [3.8, 4) is 11.5 Å². The van der Waals surface area contributed by atoms with Crippen LogP contribution in [0.1, 0.15) is 16.1 Å². The molecule has 2 aromatic rings. The van der Waals surface area contributed by atoms with Gasteiger partial charge in [-0.25, -0.2) is 4.79 Å². The average molecular weight is 262 g/mol. The quantitative estimate of drug-likeness (QED) is 0.887. The molecule has 2 rings (SSSR count). The highest BCUT2D eigenvalue weighted by atomic mass is 16.5. The molecule has 0 radical (unpaired) electrons. The Bertz CT molecular complexity index is 592. The molecule has 0 aliphatic rings. The van der Waals surface area contributed by atoms with Crippen LogP contribution in [0, 0.1) is 0 Å². The Morgan fingerprint density at radius 1 is 1.37 bits per heavy atom. The standard InChI is InChI=1S/C13H14N2O4/c1-15-12(13(16)17)9(7-14-15)8-19-11-6-4-3-5-10(11)18-2/h3-7H,8H2,1-2H3,(H,16,17). The lowest BCUT2D eigenvalue weighted by molar-refractivity contribution is 0.0682. The number of carboxylic acid groups (broad SMARTS) is 1. The molecule has 0 fully saturated rings. The highest BCUT2D eigenvalue weighted by Crippen LogP contribution is 2.26. The third kappa shape index (κ3) is 2.67. The van der Waals surface area contributed by atoms with Crippen LogP contribution < -0.4 is 9.47 Å². The molecule has 0 unspecified atom stereocenters. The molecule has 100 valence electrons. The number of nitrogens with zero attached hydrogens (tertiary/aromatic N) is 2. The summed E-state index contributed by atoms with van der Waals surface area (Å²) in [5.74, 6) is 0.132. The first-order valence-corrected chi connectivity index (χ1v) is 5.63. The fourth-order valence-corrected chi connectivity index (χ4v) is 1.76. The highest BCUT2D eigenvalue weighted by Gasteiger charge is 2.16. The molecular weight excluding hydrogens is 248 g/mol. The Morgan fingerprint density at radius 2 is 2.05 bits per heavy atom. The van der Waals surface area contributed by atoms with E-state index >= 15 is 0 Å². The number of methoxy groups -OCH3 is 1. The van der Waals surface area contributed by atoms with Crippen LogP contribution in [0.15, 0.2) is 30.5 Å². The lowest BCUT2D eigenvalue weighted by Crippen LogP contribution is -2.09. The smallest absolute Gasteiger partial charge is 0.354 e. The molecule has 0 aliphatic heterocycles. The number of benzene rings is 1. The minimum Gasteiger partial charge on any atom is -0.493 e. The van der Waals surface area contributed by atoms with Crippen LogP contribution in [0.4, 0.5) is 0 Å². The summed E-state index contributed by atoms with van der Waals surface area (Å²) in [6.07, 6.45) is 1.48. The Morgan fingerprint density at radius 3 is 2.68 bits per heavy atom. The number of carbonyl (C=O) groups is 1. The minimum atomic E-state index is -1.03. The number of aromatic carboxylic acids is 1. The van der Waals surface area contributed by atoms with Crippen molar-refractivity contribution < 1.29 is 19.4 Å². The number of aromatic nitrogens is 2. The molecule has 19 heavy (non-hydrogen) atoms. The van der Waals surface area contributed by atoms with E-state index in [9.17, 15) is 4.79 Å². The van der Waals surface area contributed by atoms with E-state index in [1.165, 1.54) is 10.9 Å². The van der Waals surface area contributed by atoms with Gasteiger partial charge in [-0.2, -0.15) is 5.10 Å². The van der Waals surface area contributed by atoms with Crippen molar-refractivity contribution in [3.63, 3.8) is 0 Å². The summed E-state index contributed by atoms with van der Waals surface area (Å²) in [7, 11) is 3.13. The Balaban J connectivity index is 2.17. The summed E-state index contributed by atoms with van der Waals surface area (Å²) >= 11 is 0. The van der Waals surface area contributed by atoms with Crippen molar-refractivity contribution in [2.24, 2.45) is 7.05 Å². The fourth-order valence-electron chi connectivity index (χ4n) is 1.76. The molecule has 0 amide bonds. The van der Waals surface area contributed by atoms with Gasteiger partial charge in [-0.1, -0.05) is 12.1 Å². The van der Waals surface area contributed by atoms with Gasteiger partial charge >= 0.3 is 5.97 Å². The first kappa shape index (κ1) is 12.9. The van der Waals surface area contributed by atoms with Crippen LogP contribution in [0.5, 0.6) is 11.5 Å². The summed E-state index contributed by atoms with van der Waals surface area (Å²) in [5, 5.41) is 13.0. The Kier molecular flexibility index (Phi) is 3.70. The molecule has 0 aliphatic carbocycles. The van der Waals surface area contributed by atoms with Gasteiger partial charge in [0.1, 0.15) is 6.61 Å². The van der Waals surface area contributed by atoms with Crippen LogP contribution in [-0.2, 0) is 13.7 Å². The predicted octanol–water partition coefficient (Wildman–Crippen LogP) is 1.71. The number of hydrogen-bond donors (Lipinski definition) is 1. The zero-order valence-corrected chi connectivity index (χ0v) is 10.7. The molecule has 6 nitrogen and oxygen atoms in total. The van der Waals surface area contributed by atoms with E-state index < -0.39 is 5.97 Å². The molecule has 1 aromatic heterocycles. The number of para-hydroxylation sites is 2. The van der Waals surface area contributed by atoms with Crippen molar-refractivity contribution in [1.29, 1.82) is 0 Å². The van der Waals surface area contributed by atoms with E-state index in [1.54, 1.807) is 26.3 Å². The number of ether oxygens (including phenoxy) is 2. The summed E-state index contributed by atoms with van der Waals surface area (Å²) in [4.78, 5) is 11.1. The zero-order chi connectivity index (χ0) is 13.8. The van der Waals surface area contributed by atoms with Crippen molar-refractivity contribution in [2.45, 2.75) is 6.61 Å². The van der Waals surface area contributed by atoms with Gasteiger partial charge in [-0.05, 0) is 12.1 Å². The molecule has 0 bridgehead atoms. The maximum absolute atomic E-state index is 11.1. The number of aryl methyl sites for hydroxylation is 1. The first-order chi connectivity index (χ1) is 9.13. The van der Waals surface area contributed by atoms with Crippen molar-refractivity contribution in [2.75, 3.05) is 7.11 Å². The highest BCUT2D eigenvalue weighted by molar-refractivity contribution is 5.87. The van der Waals surface area contributed by atoms with Crippen LogP contribution in [0.3, 0.4) is 0 Å². The summed E-state index contributed by atoms with van der Waals surface area (Å²) in [5.41, 5.74) is 0.635. The largest absolute Gasteiger partial charge is 0.493 e. The van der Waals surface area contributed by atoms with Crippen LogP contribution in [0.25, 0.3) is 0 Å². The maximum Gasteiger partial charge on any atom is 0.354 e. The van der Waals surface area contributed by atoms with Gasteiger partial charge in [0.15, 0.2) is 17.2 Å². The van der Waals surface area contributed by atoms with Gasteiger partial charge in [0.05, 0.1) is 13.3 Å². The predicted molar refractivity (Wildman–Crippen MR) is 67.5 cm³/mol. The monoisotopic (exact) mass is 262 g/mol. The normalized spacial score (nSPS) is 10.2. The van der Waals surface area contributed by atoms with E-state index in [0.717, 1.165) is 0 Å². The second-order valence-electron chi connectivity index (χ2n) is 3.89. The fraction of sp³-hybridized carbons (Fsp3) is 0.231.